The van der Waals surface area contributed by atoms with Gasteiger partial charge in [0.1, 0.15) is 13.2 Å². The summed E-state index contributed by atoms with van der Waals surface area (Å²) >= 11 is 0. The van der Waals surface area contributed by atoms with Gasteiger partial charge in [0, 0.05) is 12.6 Å². The van der Waals surface area contributed by atoms with E-state index < -0.39 is 12.1 Å². The van der Waals surface area contributed by atoms with Gasteiger partial charge in [-0.2, -0.15) is 0 Å². The largest absolute Gasteiger partial charge is 0.493 e. The normalized spacial score (nSPS) is 14.3. The molecule has 0 unspecified atom stereocenters. The molecular formula is C29H30N2O6. The van der Waals surface area contributed by atoms with Crippen molar-refractivity contribution in [1.29, 1.82) is 0 Å². The monoisotopic (exact) mass is 502 g/mol. The van der Waals surface area contributed by atoms with Crippen molar-refractivity contribution in [3.63, 3.8) is 0 Å². The third-order valence-corrected chi connectivity index (χ3v) is 6.17. The Kier molecular flexibility index (Phi) is 8.43. The molecule has 1 aliphatic heterocycles. The Balaban J connectivity index is 1.69. The predicted molar refractivity (Wildman–Crippen MR) is 140 cm³/mol. The Morgan fingerprint density at radius 3 is 2.51 bits per heavy atom. The molecule has 1 atom stereocenters. The quantitative estimate of drug-likeness (QED) is 0.416. The number of aliphatic hydroxyl groups excluding tert-OH is 1. The van der Waals surface area contributed by atoms with Crippen molar-refractivity contribution in [3.05, 3.63) is 102 Å². The summed E-state index contributed by atoms with van der Waals surface area (Å²) in [6, 6.07) is 20.1. The van der Waals surface area contributed by atoms with E-state index in [1.165, 1.54) is 13.2 Å². The summed E-state index contributed by atoms with van der Waals surface area (Å²) in [5, 5.41) is 12.7. The van der Waals surface area contributed by atoms with Crippen molar-refractivity contribution in [2.45, 2.75) is 25.6 Å². The van der Waals surface area contributed by atoms with E-state index in [9.17, 15) is 14.7 Å². The number of ether oxygens (including phenoxy) is 3. The maximum atomic E-state index is 13.9. The minimum absolute atomic E-state index is 0.0120. The molecule has 8 heteroatoms. The zero-order valence-electron chi connectivity index (χ0n) is 20.7. The number of rotatable bonds is 9. The Morgan fingerprint density at radius 1 is 1.08 bits per heavy atom. The van der Waals surface area contributed by atoms with Crippen LogP contribution in [-0.4, -0.2) is 48.4 Å². The van der Waals surface area contributed by atoms with E-state index in [4.69, 9.17) is 14.2 Å². The molecular weight excluding hydrogens is 472 g/mol. The second-order valence-electron chi connectivity index (χ2n) is 8.58. The summed E-state index contributed by atoms with van der Waals surface area (Å²) in [5.41, 5.74) is 3.45. The van der Waals surface area contributed by atoms with Gasteiger partial charge >= 0.3 is 6.09 Å². The molecule has 0 saturated heterocycles. The average molecular weight is 503 g/mol. The van der Waals surface area contributed by atoms with Crippen molar-refractivity contribution in [3.8, 4) is 11.5 Å². The lowest BCUT2D eigenvalue weighted by Gasteiger charge is -2.36. The van der Waals surface area contributed by atoms with Gasteiger partial charge < -0.3 is 24.2 Å². The topological polar surface area (TPSA) is 97.3 Å². The maximum Gasteiger partial charge on any atom is 0.411 e. The van der Waals surface area contributed by atoms with Gasteiger partial charge in [-0.05, 0) is 29.2 Å². The third kappa shape index (κ3) is 6.10. The minimum atomic E-state index is -0.740. The molecule has 0 fully saturated rings. The number of fused-ring (bicyclic) bond motifs is 1. The number of nitrogens with one attached hydrogen (secondary N) is 1. The van der Waals surface area contributed by atoms with Crippen LogP contribution in [0, 0.1) is 0 Å². The standard InChI is InChI=1S/C29H30N2O6/c1-3-13-36-29(34)30-25-16-27(37-19-20-9-5-4-6-10-20)26(35-2)15-24(25)28(33)31-17-22-12-8-7-11-21(22)14-23(31)18-32/h3-12,15-16,23,32H,1,13-14,17-19H2,2H3,(H,30,34)/t23-/m0/s1. The van der Waals surface area contributed by atoms with Crippen molar-refractivity contribution >= 4 is 17.7 Å². The molecule has 0 bridgehead atoms. The van der Waals surface area contributed by atoms with E-state index in [1.54, 1.807) is 17.0 Å². The molecule has 1 aliphatic rings. The Bertz CT molecular complexity index is 1260. The first-order chi connectivity index (χ1) is 18.0. The number of amides is 2. The summed E-state index contributed by atoms with van der Waals surface area (Å²) in [6.45, 7) is 3.96. The number of hydrogen-bond acceptors (Lipinski definition) is 6. The zero-order valence-corrected chi connectivity index (χ0v) is 20.7. The Morgan fingerprint density at radius 2 is 1.81 bits per heavy atom. The summed E-state index contributed by atoms with van der Waals surface area (Å²) < 4.78 is 16.6. The Hall–Kier alpha value is -4.30. The van der Waals surface area contributed by atoms with E-state index in [-0.39, 0.29) is 37.0 Å². The van der Waals surface area contributed by atoms with Gasteiger partial charge in [0.15, 0.2) is 11.5 Å². The Labute approximate surface area is 216 Å². The molecule has 0 aliphatic carbocycles. The van der Waals surface area contributed by atoms with Crippen LogP contribution in [-0.2, 0) is 24.3 Å². The zero-order chi connectivity index (χ0) is 26.2. The highest BCUT2D eigenvalue weighted by molar-refractivity contribution is 6.03. The van der Waals surface area contributed by atoms with Crippen LogP contribution in [0.1, 0.15) is 27.0 Å². The summed E-state index contributed by atoms with van der Waals surface area (Å²) in [4.78, 5) is 27.9. The summed E-state index contributed by atoms with van der Waals surface area (Å²) in [7, 11) is 1.48. The molecule has 3 aromatic rings. The van der Waals surface area contributed by atoms with Gasteiger partial charge in [0.05, 0.1) is 31.0 Å². The number of carbonyl (C=O) groups excluding carboxylic acids is 2. The van der Waals surface area contributed by atoms with Crippen LogP contribution in [0.15, 0.2) is 79.4 Å². The van der Waals surface area contributed by atoms with Gasteiger partial charge in [0.25, 0.3) is 5.91 Å². The van der Waals surface area contributed by atoms with E-state index in [0.29, 0.717) is 24.5 Å². The molecule has 3 aromatic carbocycles. The highest BCUT2D eigenvalue weighted by Crippen LogP contribution is 2.36. The lowest BCUT2D eigenvalue weighted by molar-refractivity contribution is 0.0545. The molecule has 192 valence electrons. The number of benzene rings is 3. The average Bonchev–Trinajstić information content (AvgIpc) is 2.94. The summed E-state index contributed by atoms with van der Waals surface area (Å²) in [5.74, 6) is 0.326. The highest BCUT2D eigenvalue weighted by Gasteiger charge is 2.32. The van der Waals surface area contributed by atoms with Crippen LogP contribution in [0.25, 0.3) is 0 Å². The first-order valence-electron chi connectivity index (χ1n) is 12.0. The van der Waals surface area contributed by atoms with Gasteiger partial charge in [-0.3, -0.25) is 10.1 Å². The smallest absolute Gasteiger partial charge is 0.411 e. The fourth-order valence-electron chi connectivity index (χ4n) is 4.27. The van der Waals surface area contributed by atoms with E-state index in [1.807, 2.05) is 54.6 Å². The second kappa shape index (κ2) is 12.1. The first-order valence-corrected chi connectivity index (χ1v) is 12.0. The van der Waals surface area contributed by atoms with Gasteiger partial charge in [-0.15, -0.1) is 0 Å². The van der Waals surface area contributed by atoms with Gasteiger partial charge in [-0.25, -0.2) is 4.79 Å². The fraction of sp³-hybridized carbons (Fsp3) is 0.241. The number of hydrogen-bond donors (Lipinski definition) is 2. The highest BCUT2D eigenvalue weighted by atomic mass is 16.5. The summed E-state index contributed by atoms with van der Waals surface area (Å²) in [6.07, 6.45) is 1.24. The second-order valence-corrected chi connectivity index (χ2v) is 8.58. The maximum absolute atomic E-state index is 13.9. The number of methoxy groups -OCH3 is 1. The van der Waals surface area contributed by atoms with E-state index >= 15 is 0 Å². The van der Waals surface area contributed by atoms with Crippen molar-refractivity contribution < 1.29 is 28.9 Å². The predicted octanol–water partition coefficient (Wildman–Crippen LogP) is 4.57. The first kappa shape index (κ1) is 25.8. The molecule has 8 nitrogen and oxygen atoms in total. The van der Waals surface area contributed by atoms with Crippen LogP contribution in [0.3, 0.4) is 0 Å². The molecule has 0 spiro atoms. The molecule has 1 heterocycles. The molecule has 2 N–H and O–H groups in total. The van der Waals surface area contributed by atoms with E-state index in [2.05, 4.69) is 11.9 Å². The SMILES string of the molecule is C=CCOC(=O)Nc1cc(OCc2ccccc2)c(OC)cc1C(=O)N1Cc2ccccc2C[C@H]1CO. The van der Waals surface area contributed by atoms with Crippen molar-refractivity contribution in [2.75, 3.05) is 25.6 Å². The van der Waals surface area contributed by atoms with Crippen LogP contribution >= 0.6 is 0 Å². The molecule has 4 rings (SSSR count). The van der Waals surface area contributed by atoms with E-state index in [0.717, 1.165) is 16.7 Å². The number of nitrogens with zero attached hydrogens (tertiary/aromatic N) is 1. The van der Waals surface area contributed by atoms with Crippen molar-refractivity contribution in [1.82, 2.24) is 4.90 Å². The van der Waals surface area contributed by atoms with Crippen molar-refractivity contribution in [2.24, 2.45) is 0 Å². The van der Waals surface area contributed by atoms with Gasteiger partial charge in [-0.1, -0.05) is 67.3 Å². The molecule has 0 aromatic heterocycles. The lowest BCUT2D eigenvalue weighted by Crippen LogP contribution is -2.46. The lowest BCUT2D eigenvalue weighted by atomic mass is 9.93. The molecule has 37 heavy (non-hydrogen) atoms. The number of anilines is 1. The van der Waals surface area contributed by atoms with Crippen LogP contribution in [0.5, 0.6) is 11.5 Å². The fourth-order valence-corrected chi connectivity index (χ4v) is 4.27. The third-order valence-electron chi connectivity index (χ3n) is 6.17. The number of carbonyl (C=O) groups is 2. The minimum Gasteiger partial charge on any atom is -0.493 e. The molecule has 0 saturated carbocycles. The molecule has 0 radical (unpaired) electrons. The van der Waals surface area contributed by atoms with Crippen LogP contribution < -0.4 is 14.8 Å². The van der Waals surface area contributed by atoms with Gasteiger partial charge in [0.2, 0.25) is 0 Å². The molecule has 2 amide bonds. The van der Waals surface area contributed by atoms with Crippen LogP contribution in [0.4, 0.5) is 10.5 Å². The number of aliphatic hydroxyl groups is 1. The van der Waals surface area contributed by atoms with Crippen LogP contribution in [0.2, 0.25) is 0 Å².